The van der Waals surface area contributed by atoms with Crippen LogP contribution < -0.4 is 0 Å². The first-order valence-electron chi connectivity index (χ1n) is 9.51. The highest BCUT2D eigenvalue weighted by Crippen LogP contribution is 2.27. The van der Waals surface area contributed by atoms with Crippen LogP contribution in [0.3, 0.4) is 0 Å². The predicted octanol–water partition coefficient (Wildman–Crippen LogP) is 3.36. The summed E-state index contributed by atoms with van der Waals surface area (Å²) in [6.45, 7) is 3.17. The van der Waals surface area contributed by atoms with Crippen molar-refractivity contribution < 1.29 is 4.74 Å². The number of benzene rings is 1. The predicted molar refractivity (Wildman–Crippen MR) is 107 cm³/mol. The molecular weight excluding hydrogens is 350 g/mol. The first-order valence-corrected chi connectivity index (χ1v) is 9.51. The lowest BCUT2D eigenvalue weighted by molar-refractivity contribution is -0.0346. The van der Waals surface area contributed by atoms with Gasteiger partial charge in [0.15, 0.2) is 0 Å². The molecule has 4 aromatic rings. The van der Waals surface area contributed by atoms with E-state index in [4.69, 9.17) is 4.74 Å². The van der Waals surface area contributed by atoms with Crippen LogP contribution in [0.5, 0.6) is 0 Å². The summed E-state index contributed by atoms with van der Waals surface area (Å²) in [5.41, 5.74) is 5.24. The molecule has 6 heteroatoms. The van der Waals surface area contributed by atoms with Gasteiger partial charge in [-0.25, -0.2) is 4.52 Å². The lowest BCUT2D eigenvalue weighted by atomic mass is 10.1. The molecule has 5 rings (SSSR count). The van der Waals surface area contributed by atoms with E-state index in [9.17, 15) is 0 Å². The van der Waals surface area contributed by atoms with E-state index in [0.717, 1.165) is 47.7 Å². The van der Waals surface area contributed by atoms with Crippen molar-refractivity contribution >= 4 is 5.52 Å². The van der Waals surface area contributed by atoms with E-state index < -0.39 is 0 Å². The molecule has 4 heterocycles. The standard InChI is InChI=1S/C22H21N5O/c1-2-6-17(7-3-1)18-9-10-20-22(24-25-27(20)14-18)21-16-26(12-13-28-21)15-19-8-4-5-11-23-19/h1-11,14,21H,12-13,15-16H2/t21-/m0/s1. The lowest BCUT2D eigenvalue weighted by Crippen LogP contribution is -2.38. The fraction of sp³-hybridized carbons (Fsp3) is 0.227. The molecule has 0 radical (unpaired) electrons. The zero-order chi connectivity index (χ0) is 18.8. The Kier molecular flexibility index (Phi) is 4.56. The molecule has 6 nitrogen and oxygen atoms in total. The molecule has 0 N–H and O–H groups in total. The fourth-order valence-corrected chi connectivity index (χ4v) is 3.68. The van der Waals surface area contributed by atoms with Gasteiger partial charge >= 0.3 is 0 Å². The van der Waals surface area contributed by atoms with E-state index in [1.165, 1.54) is 0 Å². The van der Waals surface area contributed by atoms with Gasteiger partial charge in [0.25, 0.3) is 0 Å². The molecule has 0 saturated carbocycles. The van der Waals surface area contributed by atoms with Gasteiger partial charge in [-0.1, -0.05) is 47.7 Å². The molecule has 1 atom stereocenters. The Morgan fingerprint density at radius 1 is 0.964 bits per heavy atom. The minimum atomic E-state index is -0.0856. The molecule has 1 saturated heterocycles. The zero-order valence-corrected chi connectivity index (χ0v) is 15.5. The highest BCUT2D eigenvalue weighted by Gasteiger charge is 2.26. The summed E-state index contributed by atoms with van der Waals surface area (Å²) in [7, 11) is 0. The monoisotopic (exact) mass is 371 g/mol. The number of hydrogen-bond donors (Lipinski definition) is 0. The molecule has 140 valence electrons. The van der Waals surface area contributed by atoms with Gasteiger partial charge in [-0.05, 0) is 23.8 Å². The van der Waals surface area contributed by atoms with Crippen molar-refractivity contribution in [2.75, 3.05) is 19.7 Å². The number of fused-ring (bicyclic) bond motifs is 1. The largest absolute Gasteiger partial charge is 0.369 e. The van der Waals surface area contributed by atoms with Gasteiger partial charge in [0.2, 0.25) is 0 Å². The topological polar surface area (TPSA) is 55.5 Å². The highest BCUT2D eigenvalue weighted by molar-refractivity contribution is 5.66. The second-order valence-electron chi connectivity index (χ2n) is 7.00. The molecule has 0 spiro atoms. The Labute approximate surface area is 163 Å². The molecular formula is C22H21N5O. The average Bonchev–Trinajstić information content (AvgIpc) is 3.19. The Morgan fingerprint density at radius 2 is 1.86 bits per heavy atom. The molecule has 0 unspecified atom stereocenters. The van der Waals surface area contributed by atoms with Crippen LogP contribution >= 0.6 is 0 Å². The minimum Gasteiger partial charge on any atom is -0.369 e. The summed E-state index contributed by atoms with van der Waals surface area (Å²) in [6, 6.07) is 20.5. The average molecular weight is 371 g/mol. The van der Waals surface area contributed by atoms with E-state index in [2.05, 4.69) is 50.5 Å². The number of nitrogens with zero attached hydrogens (tertiary/aromatic N) is 5. The molecule has 1 aliphatic rings. The van der Waals surface area contributed by atoms with Gasteiger partial charge in [-0.2, -0.15) is 0 Å². The Bertz CT molecular complexity index is 1060. The Hall–Kier alpha value is -3.09. The molecule has 0 bridgehead atoms. The molecule has 1 aromatic carbocycles. The summed E-state index contributed by atoms with van der Waals surface area (Å²) in [4.78, 5) is 6.80. The molecule has 1 fully saturated rings. The van der Waals surface area contributed by atoms with Crippen LogP contribution in [0.25, 0.3) is 16.6 Å². The van der Waals surface area contributed by atoms with Crippen molar-refractivity contribution in [2.45, 2.75) is 12.6 Å². The van der Waals surface area contributed by atoms with Gasteiger partial charge in [0, 0.05) is 37.6 Å². The molecule has 3 aromatic heterocycles. The number of rotatable bonds is 4. The van der Waals surface area contributed by atoms with Crippen LogP contribution in [0.4, 0.5) is 0 Å². The molecule has 1 aliphatic heterocycles. The second kappa shape index (κ2) is 7.50. The molecule has 0 aliphatic carbocycles. The van der Waals surface area contributed by atoms with Crippen LogP contribution in [0, 0.1) is 0 Å². The smallest absolute Gasteiger partial charge is 0.121 e. The summed E-state index contributed by atoms with van der Waals surface area (Å²) < 4.78 is 7.88. The van der Waals surface area contributed by atoms with Crippen molar-refractivity contribution in [1.29, 1.82) is 0 Å². The van der Waals surface area contributed by atoms with Crippen LogP contribution in [0.15, 0.2) is 73.1 Å². The van der Waals surface area contributed by atoms with Gasteiger partial charge < -0.3 is 4.74 Å². The van der Waals surface area contributed by atoms with Crippen molar-refractivity contribution in [2.24, 2.45) is 0 Å². The van der Waals surface area contributed by atoms with Crippen LogP contribution in [-0.2, 0) is 11.3 Å². The van der Waals surface area contributed by atoms with Crippen molar-refractivity contribution in [3.05, 3.63) is 84.4 Å². The number of ether oxygens (including phenoxy) is 1. The third-order valence-corrected chi connectivity index (χ3v) is 5.11. The summed E-state index contributed by atoms with van der Waals surface area (Å²) in [6.07, 6.45) is 3.78. The van der Waals surface area contributed by atoms with E-state index in [0.29, 0.717) is 6.61 Å². The van der Waals surface area contributed by atoms with Crippen LogP contribution in [0.1, 0.15) is 17.5 Å². The number of hydrogen-bond acceptors (Lipinski definition) is 5. The van der Waals surface area contributed by atoms with E-state index in [1.807, 2.05) is 47.2 Å². The Morgan fingerprint density at radius 3 is 2.71 bits per heavy atom. The maximum Gasteiger partial charge on any atom is 0.121 e. The minimum absolute atomic E-state index is 0.0856. The first-order chi connectivity index (χ1) is 13.9. The summed E-state index contributed by atoms with van der Waals surface area (Å²) in [5, 5.41) is 8.79. The lowest BCUT2D eigenvalue weighted by Gasteiger charge is -2.31. The van der Waals surface area contributed by atoms with Gasteiger partial charge in [0.1, 0.15) is 11.8 Å². The van der Waals surface area contributed by atoms with Gasteiger partial charge in [-0.3, -0.25) is 9.88 Å². The van der Waals surface area contributed by atoms with Crippen LogP contribution in [-0.4, -0.2) is 44.4 Å². The fourth-order valence-electron chi connectivity index (χ4n) is 3.68. The highest BCUT2D eigenvalue weighted by atomic mass is 16.5. The third-order valence-electron chi connectivity index (χ3n) is 5.11. The molecule has 0 amide bonds. The SMILES string of the molecule is c1ccc(-c2ccc3c([C@@H]4CN(Cc5ccccn5)CCO4)nnn3c2)cc1. The number of pyridine rings is 2. The van der Waals surface area contributed by atoms with Crippen molar-refractivity contribution in [1.82, 2.24) is 24.7 Å². The Balaban J connectivity index is 1.38. The van der Waals surface area contributed by atoms with Crippen molar-refractivity contribution in [3.8, 4) is 11.1 Å². The van der Waals surface area contributed by atoms with E-state index >= 15 is 0 Å². The van der Waals surface area contributed by atoms with E-state index in [-0.39, 0.29) is 6.10 Å². The number of aromatic nitrogens is 4. The number of morpholine rings is 1. The third kappa shape index (κ3) is 3.40. The first kappa shape index (κ1) is 17.0. The van der Waals surface area contributed by atoms with Crippen LogP contribution in [0.2, 0.25) is 0 Å². The van der Waals surface area contributed by atoms with Crippen molar-refractivity contribution in [3.63, 3.8) is 0 Å². The van der Waals surface area contributed by atoms with Gasteiger partial charge in [-0.15, -0.1) is 5.10 Å². The summed E-state index contributed by atoms with van der Waals surface area (Å²) in [5.74, 6) is 0. The maximum absolute atomic E-state index is 6.04. The molecule has 28 heavy (non-hydrogen) atoms. The maximum atomic E-state index is 6.04. The van der Waals surface area contributed by atoms with Gasteiger partial charge in [0.05, 0.1) is 17.8 Å². The summed E-state index contributed by atoms with van der Waals surface area (Å²) >= 11 is 0. The second-order valence-corrected chi connectivity index (χ2v) is 7.00. The van der Waals surface area contributed by atoms with E-state index in [1.54, 1.807) is 0 Å². The zero-order valence-electron chi connectivity index (χ0n) is 15.5. The quantitative estimate of drug-likeness (QED) is 0.551. The normalized spacial score (nSPS) is 17.8.